The lowest BCUT2D eigenvalue weighted by Gasteiger charge is -2.26. The van der Waals surface area contributed by atoms with E-state index in [2.05, 4.69) is 5.32 Å². The molecule has 0 bridgehead atoms. The predicted molar refractivity (Wildman–Crippen MR) is 98.1 cm³/mol. The Labute approximate surface area is 151 Å². The van der Waals surface area contributed by atoms with Gasteiger partial charge in [0.05, 0.1) is 11.1 Å². The lowest BCUT2D eigenvalue weighted by molar-refractivity contribution is -0.127. The van der Waals surface area contributed by atoms with E-state index in [0.29, 0.717) is 23.7 Å². The Kier molecular flexibility index (Phi) is 4.68. The first-order chi connectivity index (χ1) is 12.3. The molecule has 26 heavy (non-hydrogen) atoms. The zero-order valence-electron chi connectivity index (χ0n) is 15.0. The van der Waals surface area contributed by atoms with Crippen molar-refractivity contribution in [3.63, 3.8) is 0 Å². The molecule has 0 fully saturated rings. The first kappa shape index (κ1) is 17.9. The summed E-state index contributed by atoms with van der Waals surface area (Å²) in [5.41, 5.74) is 0.778. The van der Waals surface area contributed by atoms with Gasteiger partial charge >= 0.3 is 0 Å². The van der Waals surface area contributed by atoms with Crippen LogP contribution in [0.15, 0.2) is 42.5 Å². The Bertz CT molecular complexity index is 864. The standard InChI is InChI=1S/C20H21FN2O3/c1-4-23-16-9-8-15(11-17(16)26-12-20(2,3)19(23)25)22-18(24)13-6-5-7-14(21)10-13/h5-11H,4,12H2,1-3H3,(H,22,24). The third-order valence-corrected chi connectivity index (χ3v) is 4.32. The summed E-state index contributed by atoms with van der Waals surface area (Å²) in [6.07, 6.45) is 0. The molecular formula is C20H21FN2O3. The molecule has 0 saturated carbocycles. The number of fused-ring (bicyclic) bond motifs is 1. The van der Waals surface area contributed by atoms with Crippen LogP contribution in [0, 0.1) is 11.2 Å². The Morgan fingerprint density at radius 2 is 2.04 bits per heavy atom. The van der Waals surface area contributed by atoms with Crippen LogP contribution in [-0.2, 0) is 4.79 Å². The molecule has 1 aliphatic heterocycles. The molecule has 0 aromatic heterocycles. The van der Waals surface area contributed by atoms with Crippen LogP contribution in [0.1, 0.15) is 31.1 Å². The molecule has 2 amide bonds. The summed E-state index contributed by atoms with van der Waals surface area (Å²) >= 11 is 0. The number of ether oxygens (including phenoxy) is 1. The van der Waals surface area contributed by atoms with Crippen LogP contribution in [0.25, 0.3) is 0 Å². The molecule has 1 aliphatic rings. The summed E-state index contributed by atoms with van der Waals surface area (Å²) in [5.74, 6) is -0.359. The smallest absolute Gasteiger partial charge is 0.255 e. The molecule has 0 spiro atoms. The van der Waals surface area contributed by atoms with Crippen molar-refractivity contribution in [2.45, 2.75) is 20.8 Å². The van der Waals surface area contributed by atoms with Gasteiger partial charge in [-0.15, -0.1) is 0 Å². The van der Waals surface area contributed by atoms with E-state index in [1.807, 2.05) is 20.8 Å². The van der Waals surface area contributed by atoms with Crippen LogP contribution in [0.3, 0.4) is 0 Å². The molecule has 0 saturated heterocycles. The van der Waals surface area contributed by atoms with Gasteiger partial charge in [0.2, 0.25) is 5.91 Å². The molecule has 2 aromatic carbocycles. The van der Waals surface area contributed by atoms with Gasteiger partial charge in [-0.2, -0.15) is 0 Å². The van der Waals surface area contributed by atoms with Gasteiger partial charge < -0.3 is 15.0 Å². The number of carbonyl (C=O) groups is 2. The monoisotopic (exact) mass is 356 g/mol. The summed E-state index contributed by atoms with van der Waals surface area (Å²) in [6, 6.07) is 10.6. The number of nitrogens with one attached hydrogen (secondary N) is 1. The number of carbonyl (C=O) groups excluding carboxylic acids is 2. The molecule has 0 unspecified atom stereocenters. The van der Waals surface area contributed by atoms with Gasteiger partial charge in [-0.1, -0.05) is 6.07 Å². The Hall–Kier alpha value is -2.89. The van der Waals surface area contributed by atoms with Gasteiger partial charge in [0, 0.05) is 23.9 Å². The second-order valence-electron chi connectivity index (χ2n) is 6.87. The van der Waals surface area contributed by atoms with Crippen molar-refractivity contribution in [3.05, 3.63) is 53.8 Å². The summed E-state index contributed by atoms with van der Waals surface area (Å²) in [7, 11) is 0. The minimum Gasteiger partial charge on any atom is -0.490 e. The highest BCUT2D eigenvalue weighted by molar-refractivity contribution is 6.05. The van der Waals surface area contributed by atoms with Crippen LogP contribution in [0.4, 0.5) is 15.8 Å². The van der Waals surface area contributed by atoms with Crippen molar-refractivity contribution in [2.75, 3.05) is 23.4 Å². The molecule has 3 rings (SSSR count). The summed E-state index contributed by atoms with van der Waals surface area (Å²) in [6.45, 7) is 6.36. The number of rotatable bonds is 3. The fourth-order valence-electron chi connectivity index (χ4n) is 2.87. The van der Waals surface area contributed by atoms with Crippen LogP contribution >= 0.6 is 0 Å². The van der Waals surface area contributed by atoms with Crippen molar-refractivity contribution in [3.8, 4) is 5.75 Å². The number of nitrogens with zero attached hydrogens (tertiary/aromatic N) is 1. The molecule has 1 N–H and O–H groups in total. The van der Waals surface area contributed by atoms with E-state index < -0.39 is 17.1 Å². The minimum atomic E-state index is -0.639. The van der Waals surface area contributed by atoms with Crippen molar-refractivity contribution in [1.29, 1.82) is 0 Å². The lowest BCUT2D eigenvalue weighted by atomic mass is 9.93. The quantitative estimate of drug-likeness (QED) is 0.909. The second kappa shape index (κ2) is 6.78. The fraction of sp³-hybridized carbons (Fsp3) is 0.300. The van der Waals surface area contributed by atoms with E-state index >= 15 is 0 Å². The van der Waals surface area contributed by atoms with Gasteiger partial charge in [0.15, 0.2) is 0 Å². The number of benzene rings is 2. The Balaban J connectivity index is 1.88. The molecule has 0 aliphatic carbocycles. The van der Waals surface area contributed by atoms with E-state index in [0.717, 1.165) is 0 Å². The number of halogens is 1. The molecule has 0 atom stereocenters. The van der Waals surface area contributed by atoms with E-state index in [9.17, 15) is 14.0 Å². The van der Waals surface area contributed by atoms with Gasteiger partial charge in [0.1, 0.15) is 18.2 Å². The predicted octanol–water partition coefficient (Wildman–Crippen LogP) is 3.85. The molecule has 6 heteroatoms. The summed E-state index contributed by atoms with van der Waals surface area (Å²) in [4.78, 5) is 26.7. The van der Waals surface area contributed by atoms with E-state index in [1.54, 1.807) is 29.2 Å². The zero-order chi connectivity index (χ0) is 18.9. The first-order valence-electron chi connectivity index (χ1n) is 8.47. The second-order valence-corrected chi connectivity index (χ2v) is 6.87. The number of amides is 2. The molecule has 1 heterocycles. The SMILES string of the molecule is CCN1C(=O)C(C)(C)COc2cc(NC(=O)c3cccc(F)c3)ccc21. The van der Waals surface area contributed by atoms with Crippen molar-refractivity contribution in [1.82, 2.24) is 0 Å². The van der Waals surface area contributed by atoms with E-state index in [1.165, 1.54) is 18.2 Å². The highest BCUT2D eigenvalue weighted by atomic mass is 19.1. The third kappa shape index (κ3) is 3.40. The highest BCUT2D eigenvalue weighted by Crippen LogP contribution is 2.38. The van der Waals surface area contributed by atoms with Crippen LogP contribution in [0.2, 0.25) is 0 Å². The maximum Gasteiger partial charge on any atom is 0.255 e. The zero-order valence-corrected chi connectivity index (χ0v) is 15.0. The van der Waals surface area contributed by atoms with Gasteiger partial charge in [-0.25, -0.2) is 4.39 Å². The number of hydrogen-bond acceptors (Lipinski definition) is 3. The average molecular weight is 356 g/mol. The van der Waals surface area contributed by atoms with Crippen LogP contribution in [0.5, 0.6) is 5.75 Å². The molecule has 136 valence electrons. The molecule has 0 radical (unpaired) electrons. The van der Waals surface area contributed by atoms with Gasteiger partial charge in [-0.05, 0) is 51.1 Å². The Morgan fingerprint density at radius 3 is 2.73 bits per heavy atom. The third-order valence-electron chi connectivity index (χ3n) is 4.32. The molecule has 2 aromatic rings. The maximum atomic E-state index is 13.3. The highest BCUT2D eigenvalue weighted by Gasteiger charge is 2.37. The van der Waals surface area contributed by atoms with E-state index in [4.69, 9.17) is 4.74 Å². The summed E-state index contributed by atoms with van der Waals surface area (Å²) in [5, 5.41) is 2.73. The first-order valence-corrected chi connectivity index (χ1v) is 8.47. The molecular weight excluding hydrogens is 335 g/mol. The number of anilines is 2. The van der Waals surface area contributed by atoms with Crippen molar-refractivity contribution < 1.29 is 18.7 Å². The van der Waals surface area contributed by atoms with E-state index in [-0.39, 0.29) is 18.1 Å². The Morgan fingerprint density at radius 1 is 1.27 bits per heavy atom. The van der Waals surface area contributed by atoms with Crippen LogP contribution in [-0.4, -0.2) is 25.0 Å². The normalized spacial score (nSPS) is 15.7. The van der Waals surface area contributed by atoms with Crippen molar-refractivity contribution >= 4 is 23.2 Å². The maximum absolute atomic E-state index is 13.3. The van der Waals surface area contributed by atoms with Crippen LogP contribution < -0.4 is 15.0 Å². The lowest BCUT2D eigenvalue weighted by Crippen LogP contribution is -2.42. The van der Waals surface area contributed by atoms with Gasteiger partial charge in [-0.3, -0.25) is 9.59 Å². The molecule has 5 nitrogen and oxygen atoms in total. The number of hydrogen-bond donors (Lipinski definition) is 1. The summed E-state index contributed by atoms with van der Waals surface area (Å²) < 4.78 is 19.1. The largest absolute Gasteiger partial charge is 0.490 e. The fourth-order valence-corrected chi connectivity index (χ4v) is 2.87. The topological polar surface area (TPSA) is 58.6 Å². The van der Waals surface area contributed by atoms with Gasteiger partial charge in [0.25, 0.3) is 5.91 Å². The minimum absolute atomic E-state index is 0.00436. The average Bonchev–Trinajstić information content (AvgIpc) is 2.70. The van der Waals surface area contributed by atoms with Crippen molar-refractivity contribution in [2.24, 2.45) is 5.41 Å².